The number of hydrogen-bond donors (Lipinski definition) is 4. The highest BCUT2D eigenvalue weighted by molar-refractivity contribution is 7.91. The summed E-state index contributed by atoms with van der Waals surface area (Å²) in [6.07, 6.45) is -3.72. The molecule has 101 heavy (non-hydrogen) atoms. The van der Waals surface area contributed by atoms with Crippen LogP contribution in [0.25, 0.3) is 11.1 Å². The third-order valence-electron chi connectivity index (χ3n) is 19.6. The van der Waals surface area contributed by atoms with Crippen molar-refractivity contribution in [2.75, 3.05) is 70.1 Å². The molecule has 1 saturated carbocycles. The van der Waals surface area contributed by atoms with Crippen LogP contribution < -0.4 is 4.90 Å². The molecule has 0 radical (unpaired) electrons. The van der Waals surface area contributed by atoms with Crippen LogP contribution >= 0.6 is 0 Å². The number of amides is 1. The molecular weight excluding hydrogens is 1320 g/mol. The first-order valence-corrected chi connectivity index (χ1v) is 39.0. The first-order chi connectivity index (χ1) is 48.9. The number of sulfone groups is 1. The fraction of sp³-hybridized carbons (Fsp3) is 0.667. The summed E-state index contributed by atoms with van der Waals surface area (Å²) in [5, 5.41) is 42.1. The van der Waals surface area contributed by atoms with Gasteiger partial charge in [0.05, 0.1) is 60.1 Å². The van der Waals surface area contributed by atoms with Crippen LogP contribution in [0.5, 0.6) is 0 Å². The van der Waals surface area contributed by atoms with Crippen molar-refractivity contribution in [3.8, 4) is 11.1 Å². The highest BCUT2D eigenvalue weighted by atomic mass is 32.2. The van der Waals surface area contributed by atoms with Gasteiger partial charge in [-0.1, -0.05) is 142 Å². The van der Waals surface area contributed by atoms with Crippen LogP contribution in [0, 0.1) is 23.5 Å². The zero-order chi connectivity index (χ0) is 72.4. The van der Waals surface area contributed by atoms with Gasteiger partial charge in [-0.15, -0.1) is 0 Å². The number of carbonyl (C=O) groups is 2. The van der Waals surface area contributed by atoms with E-state index in [-0.39, 0.29) is 43.3 Å². The van der Waals surface area contributed by atoms with Crippen LogP contribution in [0.2, 0.25) is 0 Å². The Bertz CT molecular complexity index is 3150. The topological polar surface area (TPSA) is 254 Å². The van der Waals surface area contributed by atoms with Crippen molar-refractivity contribution in [2.45, 2.75) is 260 Å². The molecule has 564 valence electrons. The van der Waals surface area contributed by atoms with Crippen molar-refractivity contribution in [3.63, 3.8) is 0 Å². The number of hydrogen-bond acceptors (Lipinski definition) is 18. The van der Waals surface area contributed by atoms with Crippen molar-refractivity contribution >= 4 is 27.4 Å². The highest BCUT2D eigenvalue weighted by Gasteiger charge is 2.56. The van der Waals surface area contributed by atoms with E-state index in [2.05, 4.69) is 48.5 Å². The standard InChI is InChI=1S/C78H113F2NO19S/c1-8-15-40-90-48-63-70(92-42-17-10-3)74(95-45-20-13-6)75(96-46-21-14-7)78(99-63)100-72-64(49-91-41-16-9-2)98-65(71(93-43-18-11-4)73(72)94-44-19-12-5)50-101(88,89)58-36-28-52(29-37-58)51-22-24-54(25-23-51)66-59(76(85)81(66)57-34-32-56(80)33-35-57)38-39-61(53-26-30-55(79)31-27-53)97-62-47-60(77(86)87)67(82)69(84)68(62)83/h22-37,59-75,78,82-84H,8-21,38-50H2,1-7H3,(H,86,87)/t59-,60?,61+,62-,63?,64?,65+,66-,67-,68-,69?,70-,71-,72-,73?,74?,75+,78+/m1/s1. The number of halogens is 2. The lowest BCUT2D eigenvalue weighted by atomic mass is 9.77. The quantitative estimate of drug-likeness (QED) is 0.0237. The third kappa shape index (κ3) is 22.3. The van der Waals surface area contributed by atoms with E-state index in [9.17, 15) is 38.8 Å². The van der Waals surface area contributed by atoms with Crippen molar-refractivity contribution in [1.82, 2.24) is 0 Å². The van der Waals surface area contributed by atoms with Gasteiger partial charge in [0.15, 0.2) is 16.1 Å². The molecule has 23 heteroatoms. The second-order valence-corrected chi connectivity index (χ2v) is 29.3. The van der Waals surface area contributed by atoms with Gasteiger partial charge in [-0.05, 0) is 135 Å². The van der Waals surface area contributed by atoms with E-state index >= 15 is 8.42 Å². The number of carbonyl (C=O) groups excluding carboxylic acids is 1. The van der Waals surface area contributed by atoms with Gasteiger partial charge < -0.3 is 77.4 Å². The van der Waals surface area contributed by atoms with Crippen LogP contribution in [-0.2, 0) is 71.5 Å². The normalized spacial score (nSPS) is 28.1. The number of ether oxygens (including phenoxy) is 11. The van der Waals surface area contributed by atoms with E-state index in [1.807, 2.05) is 24.3 Å². The van der Waals surface area contributed by atoms with Crippen LogP contribution in [0.3, 0.4) is 0 Å². The Kier molecular flexibility index (Phi) is 33.7. The molecule has 0 aromatic heterocycles. The Balaban J connectivity index is 1.07. The summed E-state index contributed by atoms with van der Waals surface area (Å²) in [4.78, 5) is 28.1. The molecule has 4 aliphatic rings. The average molecular weight is 1440 g/mol. The molecule has 4 N–H and O–H groups in total. The van der Waals surface area contributed by atoms with E-state index in [1.54, 1.807) is 29.2 Å². The van der Waals surface area contributed by atoms with Gasteiger partial charge in [-0.2, -0.15) is 0 Å². The van der Waals surface area contributed by atoms with Gasteiger partial charge in [0.2, 0.25) is 5.91 Å². The predicted octanol–water partition coefficient (Wildman–Crippen LogP) is 12.6. The Labute approximate surface area is 597 Å². The van der Waals surface area contributed by atoms with E-state index in [4.69, 9.17) is 52.1 Å². The minimum atomic E-state index is -4.13. The fourth-order valence-electron chi connectivity index (χ4n) is 13.6. The zero-order valence-electron chi connectivity index (χ0n) is 60.2. The number of carboxylic acid groups (broad SMARTS) is 1. The lowest BCUT2D eigenvalue weighted by Gasteiger charge is -2.50. The third-order valence-corrected chi connectivity index (χ3v) is 21.4. The highest BCUT2D eigenvalue weighted by Crippen LogP contribution is 2.48. The maximum Gasteiger partial charge on any atom is 0.309 e. The summed E-state index contributed by atoms with van der Waals surface area (Å²) in [7, 11) is -4.13. The lowest BCUT2D eigenvalue weighted by molar-refractivity contribution is -0.358. The Morgan fingerprint density at radius 2 is 1.00 bits per heavy atom. The number of anilines is 1. The Morgan fingerprint density at radius 3 is 1.51 bits per heavy atom. The second-order valence-electron chi connectivity index (χ2n) is 27.3. The van der Waals surface area contributed by atoms with E-state index < -0.39 is 143 Å². The monoisotopic (exact) mass is 1440 g/mol. The molecule has 0 spiro atoms. The molecule has 20 nitrogen and oxygen atoms in total. The average Bonchev–Trinajstić information content (AvgIpc) is 0.744. The SMILES string of the molecule is CCCCOCC1O[C@@H](O[C@@H]2C(COCCCC)O[C@@H](CS(=O)(=O)c3ccc(-c4ccc([C@@H]5[C@@H](CC[C@H](O[C@@H]6CC(C(=O)O)[C@@H](O)C(O)[C@@H]6O)c6ccc(F)cc6)C(=O)N5c5ccc(F)cc5)cc4)cc3)[C@@H](OCCCC)C2OCCCC)[C@@H](OCCCC)C(OCCCC)[C@@H]1OCCCC. The van der Waals surface area contributed by atoms with Gasteiger partial charge in [0.1, 0.15) is 78.8 Å². The first kappa shape index (κ1) is 81.7. The minimum Gasteiger partial charge on any atom is -0.481 e. The first-order valence-electron chi connectivity index (χ1n) is 37.3. The Hall–Kier alpha value is -4.93. The molecule has 4 aromatic rings. The zero-order valence-corrected chi connectivity index (χ0v) is 61.1. The number of nitrogens with zero attached hydrogens (tertiary/aromatic N) is 1. The number of rotatable bonds is 45. The molecule has 1 aliphatic carbocycles. The fourth-order valence-corrected chi connectivity index (χ4v) is 15.1. The smallest absolute Gasteiger partial charge is 0.309 e. The molecule has 3 saturated heterocycles. The number of aliphatic hydroxyl groups is 3. The molecule has 6 unspecified atom stereocenters. The molecule has 18 atom stereocenters. The van der Waals surface area contributed by atoms with Gasteiger partial charge in [0.25, 0.3) is 0 Å². The van der Waals surface area contributed by atoms with Gasteiger partial charge in [0, 0.05) is 51.9 Å². The summed E-state index contributed by atoms with van der Waals surface area (Å²) < 4.78 is 134. The summed E-state index contributed by atoms with van der Waals surface area (Å²) in [6, 6.07) is 24.6. The summed E-state index contributed by atoms with van der Waals surface area (Å²) in [5.74, 6) is -5.22. The maximum absolute atomic E-state index is 15.1. The minimum absolute atomic E-state index is 0.0549. The van der Waals surface area contributed by atoms with E-state index in [1.165, 1.54) is 48.5 Å². The number of β-lactam (4-membered cyclic amide) rings is 1. The van der Waals surface area contributed by atoms with Crippen molar-refractivity contribution in [1.29, 1.82) is 0 Å². The van der Waals surface area contributed by atoms with Crippen LogP contribution in [0.1, 0.15) is 181 Å². The van der Waals surface area contributed by atoms with E-state index in [0.29, 0.717) is 75.9 Å². The van der Waals surface area contributed by atoms with E-state index in [0.717, 1.165) is 88.2 Å². The van der Waals surface area contributed by atoms with Crippen molar-refractivity contribution in [2.24, 2.45) is 11.8 Å². The number of benzene rings is 4. The summed E-state index contributed by atoms with van der Waals surface area (Å²) in [6.45, 7) is 18.0. The number of unbranched alkanes of at least 4 members (excludes halogenated alkanes) is 7. The number of aliphatic carboxylic acids is 1. The largest absolute Gasteiger partial charge is 0.481 e. The summed E-state index contributed by atoms with van der Waals surface area (Å²) >= 11 is 0. The molecule has 3 aliphatic heterocycles. The molecule has 0 bridgehead atoms. The summed E-state index contributed by atoms with van der Waals surface area (Å²) in [5.41, 5.74) is 3.12. The van der Waals surface area contributed by atoms with Crippen molar-refractivity contribution < 1.29 is 99.3 Å². The van der Waals surface area contributed by atoms with Crippen LogP contribution in [0.4, 0.5) is 14.5 Å². The van der Waals surface area contributed by atoms with Crippen LogP contribution in [0.15, 0.2) is 102 Å². The molecule has 4 fully saturated rings. The van der Waals surface area contributed by atoms with Gasteiger partial charge in [-0.3, -0.25) is 9.59 Å². The predicted molar refractivity (Wildman–Crippen MR) is 378 cm³/mol. The van der Waals surface area contributed by atoms with Crippen LogP contribution in [-0.4, -0.2) is 192 Å². The second kappa shape index (κ2) is 41.7. The lowest BCUT2D eigenvalue weighted by Crippen LogP contribution is -2.67. The van der Waals surface area contributed by atoms with Gasteiger partial charge in [-0.25, -0.2) is 17.2 Å². The molecule has 4 aromatic carbocycles. The number of carboxylic acids is 1. The molecular formula is C78H113F2NO19S. The molecule has 1 amide bonds. The number of aliphatic hydroxyl groups excluding tert-OH is 3. The molecule has 3 heterocycles. The van der Waals surface area contributed by atoms with Crippen molar-refractivity contribution in [3.05, 3.63) is 120 Å². The molecule has 8 rings (SSSR count). The maximum atomic E-state index is 15.1. The Morgan fingerprint density at radius 1 is 0.545 bits per heavy atom. The van der Waals surface area contributed by atoms with Gasteiger partial charge >= 0.3 is 5.97 Å².